The van der Waals surface area contributed by atoms with Gasteiger partial charge in [0.25, 0.3) is 0 Å². The smallest absolute Gasteiger partial charge is 0.168 e. The topological polar surface area (TPSA) is 24.5 Å². The molecule has 0 atom stereocenters. The van der Waals surface area contributed by atoms with Crippen LogP contribution in [0.25, 0.3) is 0 Å². The molecule has 1 aliphatic heterocycles. The van der Waals surface area contributed by atoms with Gasteiger partial charge in [-0.2, -0.15) is 0 Å². The molecule has 0 radical (unpaired) electrons. The van der Waals surface area contributed by atoms with E-state index in [1.54, 1.807) is 7.11 Å². The largest absolute Gasteiger partial charge is 0.375 e. The highest BCUT2D eigenvalue weighted by molar-refractivity contribution is 7.80. The summed E-state index contributed by atoms with van der Waals surface area (Å²) in [5.74, 6) is 0. The zero-order valence-corrected chi connectivity index (χ0v) is 7.99. The first-order valence-corrected chi connectivity index (χ1v) is 4.04. The second kappa shape index (κ2) is 2.95. The van der Waals surface area contributed by atoms with Gasteiger partial charge in [0.05, 0.1) is 18.7 Å². The van der Waals surface area contributed by atoms with Crippen molar-refractivity contribution in [3.63, 3.8) is 0 Å². The second-order valence-corrected chi connectivity index (χ2v) is 3.45. The molecule has 1 N–H and O–H groups in total. The first-order chi connectivity index (χ1) is 5.11. The van der Waals surface area contributed by atoms with Gasteiger partial charge in [-0.3, -0.25) is 0 Å². The first kappa shape index (κ1) is 8.74. The summed E-state index contributed by atoms with van der Waals surface area (Å²) in [6.07, 6.45) is 0. The molecule has 1 fully saturated rings. The summed E-state index contributed by atoms with van der Waals surface area (Å²) >= 11 is 5.04. The van der Waals surface area contributed by atoms with Crippen LogP contribution in [-0.4, -0.2) is 42.9 Å². The van der Waals surface area contributed by atoms with Crippen LogP contribution in [0.3, 0.4) is 0 Å². The number of rotatable bonds is 1. The first-order valence-electron chi connectivity index (χ1n) is 3.63. The van der Waals surface area contributed by atoms with Gasteiger partial charge in [0.2, 0.25) is 0 Å². The number of thiocarbonyl (C=S) groups is 1. The summed E-state index contributed by atoms with van der Waals surface area (Å²) in [4.78, 5) is 2.08. The zero-order valence-electron chi connectivity index (χ0n) is 7.18. The lowest BCUT2D eigenvalue weighted by atomic mass is 9.97. The summed E-state index contributed by atoms with van der Waals surface area (Å²) in [5.41, 5.74) is 0.0148. The Morgan fingerprint density at radius 2 is 2.18 bits per heavy atom. The molecule has 3 nitrogen and oxygen atoms in total. The fraction of sp³-hybridized carbons (Fsp3) is 0.857. The van der Waals surface area contributed by atoms with Crippen molar-refractivity contribution in [3.8, 4) is 0 Å². The van der Waals surface area contributed by atoms with Crippen LogP contribution in [-0.2, 0) is 4.74 Å². The predicted octanol–water partition coefficient (Wildman–Crippen LogP) is 0.211. The lowest BCUT2D eigenvalue weighted by Crippen LogP contribution is -2.64. The molecule has 0 bridgehead atoms. The van der Waals surface area contributed by atoms with E-state index < -0.39 is 0 Å². The molecular weight excluding hydrogens is 160 g/mol. The Labute approximate surface area is 72.7 Å². The number of likely N-dealkylation sites (tertiary alicyclic amines) is 1. The maximum atomic E-state index is 5.27. The summed E-state index contributed by atoms with van der Waals surface area (Å²) in [6, 6.07) is 0. The highest BCUT2D eigenvalue weighted by Gasteiger charge is 2.39. The maximum absolute atomic E-state index is 5.27. The van der Waals surface area contributed by atoms with Crippen LogP contribution in [0.4, 0.5) is 0 Å². The molecule has 1 saturated heterocycles. The molecule has 0 saturated carbocycles. The Balaban J connectivity index is 2.34. The van der Waals surface area contributed by atoms with Crippen molar-refractivity contribution < 1.29 is 4.74 Å². The van der Waals surface area contributed by atoms with Crippen molar-refractivity contribution in [1.82, 2.24) is 10.2 Å². The van der Waals surface area contributed by atoms with Gasteiger partial charge in [-0.15, -0.1) is 0 Å². The van der Waals surface area contributed by atoms with E-state index in [-0.39, 0.29) is 5.60 Å². The number of hydrogen-bond donors (Lipinski definition) is 1. The minimum atomic E-state index is 0.0148. The summed E-state index contributed by atoms with van der Waals surface area (Å²) < 4.78 is 5.27. The summed E-state index contributed by atoms with van der Waals surface area (Å²) in [5, 5.41) is 3.74. The van der Waals surface area contributed by atoms with Crippen LogP contribution < -0.4 is 5.32 Å². The molecule has 1 heterocycles. The van der Waals surface area contributed by atoms with Crippen LogP contribution in [0.5, 0.6) is 0 Å². The van der Waals surface area contributed by atoms with E-state index in [2.05, 4.69) is 17.1 Å². The lowest BCUT2D eigenvalue weighted by molar-refractivity contribution is -0.0828. The number of ether oxygens (including phenoxy) is 1. The molecule has 0 unspecified atom stereocenters. The van der Waals surface area contributed by atoms with E-state index in [0.29, 0.717) is 0 Å². The van der Waals surface area contributed by atoms with E-state index in [1.807, 2.05) is 7.05 Å². The van der Waals surface area contributed by atoms with Crippen LogP contribution in [0, 0.1) is 0 Å². The fourth-order valence-corrected chi connectivity index (χ4v) is 1.32. The summed E-state index contributed by atoms with van der Waals surface area (Å²) in [7, 11) is 3.57. The number of nitrogens with one attached hydrogen (secondary N) is 1. The van der Waals surface area contributed by atoms with E-state index >= 15 is 0 Å². The second-order valence-electron chi connectivity index (χ2n) is 3.07. The highest BCUT2D eigenvalue weighted by Crippen LogP contribution is 2.23. The Morgan fingerprint density at radius 3 is 2.55 bits per heavy atom. The van der Waals surface area contributed by atoms with Gasteiger partial charge in [-0.25, -0.2) is 0 Å². The van der Waals surface area contributed by atoms with Crippen LogP contribution in [0.2, 0.25) is 0 Å². The molecule has 0 spiro atoms. The highest BCUT2D eigenvalue weighted by atomic mass is 32.1. The van der Waals surface area contributed by atoms with Crippen LogP contribution in [0.1, 0.15) is 6.92 Å². The average Bonchev–Trinajstić information content (AvgIpc) is 1.97. The van der Waals surface area contributed by atoms with E-state index in [1.165, 1.54) is 0 Å². The number of nitrogens with zero attached hydrogens (tertiary/aromatic N) is 1. The lowest BCUT2D eigenvalue weighted by Gasteiger charge is -2.47. The van der Waals surface area contributed by atoms with Gasteiger partial charge in [0, 0.05) is 14.2 Å². The summed E-state index contributed by atoms with van der Waals surface area (Å²) in [6.45, 7) is 3.87. The van der Waals surface area contributed by atoms with Crippen molar-refractivity contribution in [3.05, 3.63) is 0 Å². The van der Waals surface area contributed by atoms with E-state index in [9.17, 15) is 0 Å². The van der Waals surface area contributed by atoms with Gasteiger partial charge in [0.15, 0.2) is 5.11 Å². The third-order valence-corrected chi connectivity index (χ3v) is 2.51. The quantitative estimate of drug-likeness (QED) is 0.574. The fourth-order valence-electron chi connectivity index (χ4n) is 1.19. The van der Waals surface area contributed by atoms with Gasteiger partial charge in [-0.05, 0) is 19.1 Å². The zero-order chi connectivity index (χ0) is 8.48. The molecular formula is C7H14N2OS. The van der Waals surface area contributed by atoms with Gasteiger partial charge >= 0.3 is 0 Å². The third-order valence-electron chi connectivity index (χ3n) is 2.04. The standard InChI is InChI=1S/C7H14N2OS/c1-7(10-3)4-9(5-7)6(11)8-2/h4-5H2,1-3H3,(H,8,11). The maximum Gasteiger partial charge on any atom is 0.168 e. The molecule has 0 aliphatic carbocycles. The predicted molar refractivity (Wildman–Crippen MR) is 48.6 cm³/mol. The normalized spacial score (nSPS) is 20.8. The molecule has 0 aromatic carbocycles. The number of methoxy groups -OCH3 is 1. The molecule has 0 aromatic rings. The Bertz CT molecular complexity index is 166. The van der Waals surface area contributed by atoms with Crippen LogP contribution >= 0.6 is 12.2 Å². The molecule has 4 heteroatoms. The van der Waals surface area contributed by atoms with E-state index in [0.717, 1.165) is 18.2 Å². The SMILES string of the molecule is CNC(=S)N1CC(C)(OC)C1. The number of hydrogen-bond acceptors (Lipinski definition) is 2. The Morgan fingerprint density at radius 1 is 1.64 bits per heavy atom. The van der Waals surface area contributed by atoms with Crippen molar-refractivity contribution >= 4 is 17.3 Å². The third kappa shape index (κ3) is 1.62. The van der Waals surface area contributed by atoms with Crippen molar-refractivity contribution in [2.45, 2.75) is 12.5 Å². The van der Waals surface area contributed by atoms with Crippen molar-refractivity contribution in [1.29, 1.82) is 0 Å². The molecule has 0 aromatic heterocycles. The molecule has 1 rings (SSSR count). The molecule has 0 amide bonds. The molecule has 11 heavy (non-hydrogen) atoms. The van der Waals surface area contributed by atoms with Crippen LogP contribution in [0.15, 0.2) is 0 Å². The van der Waals surface area contributed by atoms with Gasteiger partial charge in [0.1, 0.15) is 0 Å². The van der Waals surface area contributed by atoms with Crippen molar-refractivity contribution in [2.75, 3.05) is 27.2 Å². The molecule has 64 valence electrons. The molecule has 1 aliphatic rings. The monoisotopic (exact) mass is 174 g/mol. The Kier molecular flexibility index (Phi) is 2.34. The van der Waals surface area contributed by atoms with Gasteiger partial charge < -0.3 is 15.0 Å². The van der Waals surface area contributed by atoms with Gasteiger partial charge in [-0.1, -0.05) is 0 Å². The minimum absolute atomic E-state index is 0.0148. The van der Waals surface area contributed by atoms with Crippen molar-refractivity contribution in [2.24, 2.45) is 0 Å². The van der Waals surface area contributed by atoms with E-state index in [4.69, 9.17) is 17.0 Å². The average molecular weight is 174 g/mol. The Hall–Kier alpha value is -0.350. The minimum Gasteiger partial charge on any atom is -0.375 e.